The summed E-state index contributed by atoms with van der Waals surface area (Å²) in [4.78, 5) is 11.9. The number of esters is 1. The van der Waals surface area contributed by atoms with Crippen LogP contribution >= 0.6 is 0 Å². The van der Waals surface area contributed by atoms with Crippen molar-refractivity contribution in [1.82, 2.24) is 0 Å². The Morgan fingerprint density at radius 2 is 1.79 bits per heavy atom. The highest BCUT2D eigenvalue weighted by Crippen LogP contribution is 2.27. The average Bonchev–Trinajstić information content (AvgIpc) is 2.55. The summed E-state index contributed by atoms with van der Waals surface area (Å²) in [6.45, 7) is 5.62. The molecule has 0 saturated heterocycles. The molecule has 0 heterocycles. The second-order valence-corrected chi connectivity index (χ2v) is 6.13. The van der Waals surface area contributed by atoms with Crippen molar-refractivity contribution >= 4 is 5.97 Å². The lowest BCUT2D eigenvalue weighted by Crippen LogP contribution is -2.31. The molecule has 0 fully saturated rings. The molecule has 2 aromatic carbocycles. The molecule has 2 aromatic rings. The Bertz CT molecular complexity index is 706. The van der Waals surface area contributed by atoms with E-state index in [1.165, 1.54) is 5.56 Å². The molecule has 0 spiro atoms. The van der Waals surface area contributed by atoms with E-state index < -0.39 is 12.0 Å². The zero-order chi connectivity index (χ0) is 17.7. The molecule has 0 amide bonds. The van der Waals surface area contributed by atoms with E-state index in [9.17, 15) is 4.79 Å². The van der Waals surface area contributed by atoms with E-state index in [2.05, 4.69) is 18.2 Å². The third-order valence-electron chi connectivity index (χ3n) is 3.91. The van der Waals surface area contributed by atoms with Gasteiger partial charge in [-0.25, -0.2) is 4.79 Å². The summed E-state index contributed by atoms with van der Waals surface area (Å²) in [5, 5.41) is 0. The van der Waals surface area contributed by atoms with Gasteiger partial charge in [0.05, 0.1) is 7.11 Å². The Balaban J connectivity index is 2.19. The number of methoxy groups -OCH3 is 1. The van der Waals surface area contributed by atoms with Crippen molar-refractivity contribution < 1.29 is 14.3 Å². The van der Waals surface area contributed by atoms with Crippen molar-refractivity contribution in [2.75, 3.05) is 7.11 Å². The standard InChI is InChI=1S/C20H25NO3/c1-13-11-14(2)19(24-20(22)15(3)21)17(12-13)8-5-16-6-9-18(23-4)10-7-16/h6-7,9-12,15H,5,8,21H2,1-4H3/t15-/m0/s1. The van der Waals surface area contributed by atoms with E-state index in [0.717, 1.165) is 35.3 Å². The number of hydrogen-bond donors (Lipinski definition) is 1. The summed E-state index contributed by atoms with van der Waals surface area (Å²) < 4.78 is 10.7. The number of carbonyl (C=O) groups is 1. The van der Waals surface area contributed by atoms with Gasteiger partial charge in [-0.3, -0.25) is 0 Å². The smallest absolute Gasteiger partial charge is 0.328 e. The number of carbonyl (C=O) groups excluding carboxylic acids is 1. The van der Waals surface area contributed by atoms with Crippen LogP contribution in [0.2, 0.25) is 0 Å². The van der Waals surface area contributed by atoms with Crippen LogP contribution in [0.1, 0.15) is 29.2 Å². The van der Waals surface area contributed by atoms with E-state index >= 15 is 0 Å². The van der Waals surface area contributed by atoms with Gasteiger partial charge in [0.15, 0.2) is 0 Å². The molecule has 0 unspecified atom stereocenters. The highest BCUT2D eigenvalue weighted by Gasteiger charge is 2.16. The molecule has 4 heteroatoms. The first-order chi connectivity index (χ1) is 11.4. The quantitative estimate of drug-likeness (QED) is 0.653. The van der Waals surface area contributed by atoms with Crippen molar-refractivity contribution in [1.29, 1.82) is 0 Å². The zero-order valence-corrected chi connectivity index (χ0v) is 14.8. The Morgan fingerprint density at radius 3 is 2.38 bits per heavy atom. The van der Waals surface area contributed by atoms with Gasteiger partial charge in [-0.15, -0.1) is 0 Å². The van der Waals surface area contributed by atoms with Crippen LogP contribution in [0.4, 0.5) is 0 Å². The second kappa shape index (κ2) is 7.97. The van der Waals surface area contributed by atoms with Crippen LogP contribution in [0.3, 0.4) is 0 Å². The zero-order valence-electron chi connectivity index (χ0n) is 14.8. The molecule has 0 aliphatic carbocycles. The van der Waals surface area contributed by atoms with Crippen LogP contribution in [0, 0.1) is 13.8 Å². The predicted molar refractivity (Wildman–Crippen MR) is 95.6 cm³/mol. The van der Waals surface area contributed by atoms with Gasteiger partial charge >= 0.3 is 5.97 Å². The number of rotatable bonds is 6. The molecule has 0 aliphatic rings. The van der Waals surface area contributed by atoms with Crippen LogP contribution in [0.25, 0.3) is 0 Å². The highest BCUT2D eigenvalue weighted by atomic mass is 16.5. The third-order valence-corrected chi connectivity index (χ3v) is 3.91. The van der Waals surface area contributed by atoms with Crippen LogP contribution in [-0.2, 0) is 17.6 Å². The van der Waals surface area contributed by atoms with Crippen molar-refractivity contribution in [3.63, 3.8) is 0 Å². The van der Waals surface area contributed by atoms with Gasteiger partial charge in [0.25, 0.3) is 0 Å². The van der Waals surface area contributed by atoms with Gasteiger partial charge in [0.2, 0.25) is 0 Å². The van der Waals surface area contributed by atoms with Gasteiger partial charge in [-0.2, -0.15) is 0 Å². The lowest BCUT2D eigenvalue weighted by Gasteiger charge is -2.15. The van der Waals surface area contributed by atoms with Gasteiger partial charge < -0.3 is 15.2 Å². The SMILES string of the molecule is COc1ccc(CCc2cc(C)cc(C)c2OC(=O)[C@H](C)N)cc1. The molecule has 0 bridgehead atoms. The normalized spacial score (nSPS) is 11.9. The van der Waals surface area contributed by atoms with Gasteiger partial charge in [-0.1, -0.05) is 29.8 Å². The monoisotopic (exact) mass is 327 g/mol. The summed E-state index contributed by atoms with van der Waals surface area (Å²) in [6, 6.07) is 11.5. The lowest BCUT2D eigenvalue weighted by molar-refractivity contribution is -0.135. The molecule has 24 heavy (non-hydrogen) atoms. The molecular weight excluding hydrogens is 302 g/mol. The van der Waals surface area contributed by atoms with Crippen LogP contribution < -0.4 is 15.2 Å². The first-order valence-electron chi connectivity index (χ1n) is 8.11. The Kier molecular flexibility index (Phi) is 5.99. The first-order valence-corrected chi connectivity index (χ1v) is 8.11. The molecule has 128 valence electrons. The van der Waals surface area contributed by atoms with Gasteiger partial charge in [0.1, 0.15) is 17.5 Å². The van der Waals surface area contributed by atoms with Crippen molar-refractivity contribution in [3.05, 3.63) is 58.7 Å². The fourth-order valence-corrected chi connectivity index (χ4v) is 2.64. The predicted octanol–water partition coefficient (Wildman–Crippen LogP) is 3.35. The van der Waals surface area contributed by atoms with Crippen LogP contribution in [-0.4, -0.2) is 19.1 Å². The third kappa shape index (κ3) is 4.59. The Hall–Kier alpha value is -2.33. The Labute approximate surface area is 143 Å². The molecular formula is C20H25NO3. The number of benzene rings is 2. The summed E-state index contributed by atoms with van der Waals surface area (Å²) in [6.07, 6.45) is 1.64. The maximum Gasteiger partial charge on any atom is 0.328 e. The average molecular weight is 327 g/mol. The van der Waals surface area contributed by atoms with E-state index in [1.54, 1.807) is 14.0 Å². The van der Waals surface area contributed by atoms with Gasteiger partial charge in [-0.05, 0) is 62.4 Å². The first kappa shape index (κ1) is 18.0. The van der Waals surface area contributed by atoms with Crippen molar-refractivity contribution in [3.8, 4) is 11.5 Å². The van der Waals surface area contributed by atoms with Crippen molar-refractivity contribution in [2.45, 2.75) is 39.7 Å². The second-order valence-electron chi connectivity index (χ2n) is 6.13. The molecule has 0 saturated carbocycles. The van der Waals surface area contributed by atoms with Crippen molar-refractivity contribution in [2.24, 2.45) is 5.73 Å². The minimum atomic E-state index is -0.639. The highest BCUT2D eigenvalue weighted by molar-refractivity contribution is 5.78. The summed E-state index contributed by atoms with van der Waals surface area (Å²) in [5.41, 5.74) is 9.96. The summed E-state index contributed by atoms with van der Waals surface area (Å²) >= 11 is 0. The van der Waals surface area contributed by atoms with E-state index in [1.807, 2.05) is 32.0 Å². The fourth-order valence-electron chi connectivity index (χ4n) is 2.64. The van der Waals surface area contributed by atoms with E-state index in [0.29, 0.717) is 5.75 Å². The maximum absolute atomic E-state index is 11.9. The Morgan fingerprint density at radius 1 is 1.12 bits per heavy atom. The molecule has 4 nitrogen and oxygen atoms in total. The summed E-state index contributed by atoms with van der Waals surface area (Å²) in [5.74, 6) is 1.07. The number of hydrogen-bond acceptors (Lipinski definition) is 4. The molecule has 1 atom stereocenters. The minimum absolute atomic E-state index is 0.410. The molecule has 0 aliphatic heterocycles. The molecule has 2 rings (SSSR count). The van der Waals surface area contributed by atoms with E-state index in [4.69, 9.17) is 15.2 Å². The lowest BCUT2D eigenvalue weighted by atomic mass is 9.99. The van der Waals surface area contributed by atoms with Crippen LogP contribution in [0.15, 0.2) is 36.4 Å². The molecule has 0 aromatic heterocycles. The topological polar surface area (TPSA) is 61.5 Å². The largest absolute Gasteiger partial charge is 0.497 e. The molecule has 0 radical (unpaired) electrons. The number of aryl methyl sites for hydroxylation is 4. The number of ether oxygens (including phenoxy) is 2. The summed E-state index contributed by atoms with van der Waals surface area (Å²) in [7, 11) is 1.66. The minimum Gasteiger partial charge on any atom is -0.497 e. The fraction of sp³-hybridized carbons (Fsp3) is 0.350. The molecule has 2 N–H and O–H groups in total. The maximum atomic E-state index is 11.9. The number of nitrogens with two attached hydrogens (primary N) is 1. The van der Waals surface area contributed by atoms with Gasteiger partial charge in [0, 0.05) is 0 Å². The van der Waals surface area contributed by atoms with Crippen LogP contribution in [0.5, 0.6) is 11.5 Å². The van der Waals surface area contributed by atoms with E-state index in [-0.39, 0.29) is 0 Å².